The Balaban J connectivity index is 2.05. The minimum atomic E-state index is 0.484. The Morgan fingerprint density at radius 3 is 2.76 bits per heavy atom. The summed E-state index contributed by atoms with van der Waals surface area (Å²) in [5.74, 6) is 1.43. The Bertz CT molecular complexity index is 372. The van der Waals surface area contributed by atoms with Gasteiger partial charge in [-0.25, -0.2) is 0 Å². The first-order chi connectivity index (χ1) is 8.00. The van der Waals surface area contributed by atoms with E-state index in [-0.39, 0.29) is 0 Å². The molecular weight excluding hydrogens is 250 g/mol. The molecule has 0 amide bonds. The molecule has 1 aliphatic carbocycles. The lowest BCUT2D eigenvalue weighted by Crippen LogP contribution is -2.35. The Morgan fingerprint density at radius 2 is 2.18 bits per heavy atom. The molecule has 0 saturated heterocycles. The second-order valence-corrected chi connectivity index (χ2v) is 7.87. The summed E-state index contributed by atoms with van der Waals surface area (Å²) in [4.78, 5) is 1.41. The fourth-order valence-electron chi connectivity index (χ4n) is 3.06. The minimum Gasteiger partial charge on any atom is -0.330 e. The van der Waals surface area contributed by atoms with Gasteiger partial charge in [0.2, 0.25) is 0 Å². The van der Waals surface area contributed by atoms with E-state index in [0.29, 0.717) is 11.3 Å². The Hall–Kier alpha value is -0.0500. The van der Waals surface area contributed by atoms with Crippen molar-refractivity contribution >= 4 is 22.9 Å². The lowest BCUT2D eigenvalue weighted by molar-refractivity contribution is 0.122. The smallest absolute Gasteiger partial charge is 0.0931 e. The summed E-state index contributed by atoms with van der Waals surface area (Å²) < 4.78 is 0.902. The molecule has 0 spiro atoms. The van der Waals surface area contributed by atoms with Crippen molar-refractivity contribution in [3.8, 4) is 0 Å². The van der Waals surface area contributed by atoms with Crippen LogP contribution in [0.25, 0.3) is 0 Å². The van der Waals surface area contributed by atoms with Crippen LogP contribution in [0.3, 0.4) is 0 Å². The Labute approximate surface area is 113 Å². The standard InChI is InChI=1S/C14H22ClNS/c1-14(2)6-5-10(9-16)11(8-14)7-12-3-4-13(15)17-12/h3-4,10-11H,5-9,16H2,1-2H3. The third-order valence-electron chi connectivity index (χ3n) is 4.07. The van der Waals surface area contributed by atoms with Crippen molar-refractivity contribution in [2.75, 3.05) is 6.54 Å². The summed E-state index contributed by atoms with van der Waals surface area (Å²) >= 11 is 7.72. The molecule has 0 aromatic carbocycles. The van der Waals surface area contributed by atoms with Crippen molar-refractivity contribution in [2.24, 2.45) is 23.0 Å². The van der Waals surface area contributed by atoms with Crippen LogP contribution in [-0.4, -0.2) is 6.54 Å². The van der Waals surface area contributed by atoms with Gasteiger partial charge in [-0.15, -0.1) is 11.3 Å². The van der Waals surface area contributed by atoms with E-state index in [1.807, 2.05) is 6.07 Å². The minimum absolute atomic E-state index is 0.484. The van der Waals surface area contributed by atoms with Crippen LogP contribution < -0.4 is 5.73 Å². The molecule has 1 aromatic heterocycles. The van der Waals surface area contributed by atoms with Crippen molar-refractivity contribution < 1.29 is 0 Å². The molecule has 17 heavy (non-hydrogen) atoms. The van der Waals surface area contributed by atoms with E-state index in [1.165, 1.54) is 24.1 Å². The van der Waals surface area contributed by atoms with Crippen LogP contribution in [-0.2, 0) is 6.42 Å². The highest BCUT2D eigenvalue weighted by atomic mass is 35.5. The third-order valence-corrected chi connectivity index (χ3v) is 5.32. The van der Waals surface area contributed by atoms with Crippen molar-refractivity contribution in [3.05, 3.63) is 21.3 Å². The topological polar surface area (TPSA) is 26.0 Å². The molecule has 1 aromatic rings. The highest BCUT2D eigenvalue weighted by molar-refractivity contribution is 7.16. The van der Waals surface area contributed by atoms with Gasteiger partial charge in [0.1, 0.15) is 0 Å². The molecule has 3 heteroatoms. The van der Waals surface area contributed by atoms with Crippen molar-refractivity contribution in [3.63, 3.8) is 0 Å². The maximum Gasteiger partial charge on any atom is 0.0931 e. The van der Waals surface area contributed by atoms with Crippen LogP contribution in [0.1, 0.15) is 38.0 Å². The maximum absolute atomic E-state index is 6.00. The van der Waals surface area contributed by atoms with E-state index in [2.05, 4.69) is 19.9 Å². The number of halogens is 1. The first kappa shape index (κ1) is 13.4. The van der Waals surface area contributed by atoms with Gasteiger partial charge in [0, 0.05) is 4.88 Å². The predicted molar refractivity (Wildman–Crippen MR) is 76.7 cm³/mol. The summed E-state index contributed by atoms with van der Waals surface area (Å²) in [5.41, 5.74) is 6.40. The molecule has 0 bridgehead atoms. The van der Waals surface area contributed by atoms with Crippen LogP contribution >= 0.6 is 22.9 Å². The Morgan fingerprint density at radius 1 is 1.41 bits per heavy atom. The molecule has 0 aliphatic heterocycles. The molecule has 1 fully saturated rings. The van der Waals surface area contributed by atoms with E-state index < -0.39 is 0 Å². The highest BCUT2D eigenvalue weighted by Gasteiger charge is 2.34. The molecule has 1 aliphatic rings. The lowest BCUT2D eigenvalue weighted by atomic mass is 9.66. The summed E-state index contributed by atoms with van der Waals surface area (Å²) in [6.45, 7) is 5.60. The average Bonchev–Trinajstić information content (AvgIpc) is 2.63. The zero-order chi connectivity index (χ0) is 12.5. The quantitative estimate of drug-likeness (QED) is 0.869. The van der Waals surface area contributed by atoms with E-state index >= 15 is 0 Å². The summed E-state index contributed by atoms with van der Waals surface area (Å²) in [6.07, 6.45) is 5.05. The molecular formula is C14H22ClNS. The van der Waals surface area contributed by atoms with Gasteiger partial charge in [-0.2, -0.15) is 0 Å². The molecule has 1 heterocycles. The van der Waals surface area contributed by atoms with Gasteiger partial charge < -0.3 is 5.73 Å². The first-order valence-corrected chi connectivity index (χ1v) is 7.64. The van der Waals surface area contributed by atoms with E-state index in [4.69, 9.17) is 17.3 Å². The van der Waals surface area contributed by atoms with Gasteiger partial charge in [-0.3, -0.25) is 0 Å². The number of nitrogens with two attached hydrogens (primary N) is 1. The van der Waals surface area contributed by atoms with E-state index in [9.17, 15) is 0 Å². The second-order valence-electron chi connectivity index (χ2n) is 6.07. The zero-order valence-electron chi connectivity index (χ0n) is 10.7. The van der Waals surface area contributed by atoms with Gasteiger partial charge >= 0.3 is 0 Å². The predicted octanol–water partition coefficient (Wildman–Crippen LogP) is 4.35. The molecule has 2 unspecified atom stereocenters. The number of hydrogen-bond donors (Lipinski definition) is 1. The lowest BCUT2D eigenvalue weighted by Gasteiger charge is -2.40. The normalized spacial score (nSPS) is 28.2. The fraction of sp³-hybridized carbons (Fsp3) is 0.714. The molecule has 96 valence electrons. The van der Waals surface area contributed by atoms with Crippen LogP contribution in [0.5, 0.6) is 0 Å². The zero-order valence-corrected chi connectivity index (χ0v) is 12.3. The maximum atomic E-state index is 6.00. The number of thiophene rings is 1. The largest absolute Gasteiger partial charge is 0.330 e. The number of rotatable bonds is 3. The fourth-order valence-corrected chi connectivity index (χ4v) is 4.24. The van der Waals surface area contributed by atoms with Crippen LogP contribution in [0, 0.1) is 17.3 Å². The molecule has 2 N–H and O–H groups in total. The van der Waals surface area contributed by atoms with Crippen LogP contribution in [0.2, 0.25) is 4.34 Å². The number of hydrogen-bond acceptors (Lipinski definition) is 2. The molecule has 2 rings (SSSR count). The average molecular weight is 272 g/mol. The van der Waals surface area contributed by atoms with Gasteiger partial charge in [0.25, 0.3) is 0 Å². The SMILES string of the molecule is CC1(C)CCC(CN)C(Cc2ccc(Cl)s2)C1. The summed E-state index contributed by atoms with van der Waals surface area (Å²) in [6, 6.07) is 4.18. The third kappa shape index (κ3) is 3.46. The monoisotopic (exact) mass is 271 g/mol. The van der Waals surface area contributed by atoms with Crippen LogP contribution in [0.15, 0.2) is 12.1 Å². The first-order valence-electron chi connectivity index (χ1n) is 6.44. The van der Waals surface area contributed by atoms with Crippen molar-refractivity contribution in [2.45, 2.75) is 39.5 Å². The van der Waals surface area contributed by atoms with Crippen molar-refractivity contribution in [1.82, 2.24) is 0 Å². The molecule has 0 radical (unpaired) electrons. The van der Waals surface area contributed by atoms with Gasteiger partial charge in [-0.05, 0) is 61.6 Å². The van der Waals surface area contributed by atoms with Gasteiger partial charge in [-0.1, -0.05) is 25.4 Å². The van der Waals surface area contributed by atoms with E-state index in [1.54, 1.807) is 11.3 Å². The summed E-state index contributed by atoms with van der Waals surface area (Å²) in [5, 5.41) is 0. The van der Waals surface area contributed by atoms with Gasteiger partial charge in [0.15, 0.2) is 0 Å². The van der Waals surface area contributed by atoms with Gasteiger partial charge in [0.05, 0.1) is 4.34 Å². The molecule has 2 atom stereocenters. The second kappa shape index (κ2) is 5.29. The summed E-state index contributed by atoms with van der Waals surface area (Å²) in [7, 11) is 0. The molecule has 1 saturated carbocycles. The Kier molecular flexibility index (Phi) is 4.17. The van der Waals surface area contributed by atoms with Crippen LogP contribution in [0.4, 0.5) is 0 Å². The highest BCUT2D eigenvalue weighted by Crippen LogP contribution is 2.43. The van der Waals surface area contributed by atoms with E-state index in [0.717, 1.165) is 23.2 Å². The van der Waals surface area contributed by atoms with Crippen molar-refractivity contribution in [1.29, 1.82) is 0 Å². The molecule has 1 nitrogen and oxygen atoms in total.